The van der Waals surface area contributed by atoms with Crippen LogP contribution in [0.15, 0.2) is 53.9 Å². The van der Waals surface area contributed by atoms with Gasteiger partial charge in [0.05, 0.1) is 18.0 Å². The molecule has 3 aromatic rings. The fraction of sp³-hybridized carbons (Fsp3) is 0.227. The van der Waals surface area contributed by atoms with Crippen molar-refractivity contribution >= 4 is 28.9 Å². The molecule has 0 unspecified atom stereocenters. The molecule has 1 aliphatic rings. The lowest BCUT2D eigenvalue weighted by atomic mass is 10.1. The van der Waals surface area contributed by atoms with Gasteiger partial charge >= 0.3 is 5.97 Å². The van der Waals surface area contributed by atoms with Crippen molar-refractivity contribution in [2.75, 3.05) is 38.4 Å². The molecule has 0 spiro atoms. The van der Waals surface area contributed by atoms with E-state index < -0.39 is 5.97 Å². The first-order valence-corrected chi connectivity index (χ1v) is 10.3. The summed E-state index contributed by atoms with van der Waals surface area (Å²) in [6.07, 6.45) is 0. The van der Waals surface area contributed by atoms with Crippen LogP contribution >= 0.6 is 11.3 Å². The number of carbonyl (C=O) groups excluding carboxylic acids is 2. The van der Waals surface area contributed by atoms with Crippen LogP contribution in [0.2, 0.25) is 0 Å². The molecule has 0 fully saturated rings. The van der Waals surface area contributed by atoms with Crippen LogP contribution in [-0.2, 0) is 19.1 Å². The Kier molecular flexibility index (Phi) is 6.06. The molecule has 2 heterocycles. The first-order valence-electron chi connectivity index (χ1n) is 9.39. The Labute approximate surface area is 177 Å². The molecule has 4 rings (SSSR count). The molecule has 30 heavy (non-hydrogen) atoms. The number of methoxy groups -OCH3 is 1. The van der Waals surface area contributed by atoms with Gasteiger partial charge in [-0.1, -0.05) is 30.3 Å². The first kappa shape index (κ1) is 20.1. The zero-order chi connectivity index (χ0) is 20.9. The van der Waals surface area contributed by atoms with Gasteiger partial charge in [-0.25, -0.2) is 4.98 Å². The molecule has 1 aliphatic heterocycles. The van der Waals surface area contributed by atoms with Gasteiger partial charge in [-0.05, 0) is 18.2 Å². The van der Waals surface area contributed by atoms with Crippen LogP contribution in [0.4, 0.5) is 5.69 Å². The summed E-state index contributed by atoms with van der Waals surface area (Å²) in [5, 5.41) is 2.88. The van der Waals surface area contributed by atoms with Crippen LogP contribution in [0, 0.1) is 0 Å². The number of fused-ring (bicyclic) bond motifs is 1. The Hall–Kier alpha value is -3.23. The molecule has 7 nitrogen and oxygen atoms in total. The fourth-order valence-corrected chi connectivity index (χ4v) is 3.90. The van der Waals surface area contributed by atoms with Crippen LogP contribution in [0.25, 0.3) is 21.8 Å². The molecule has 0 bridgehead atoms. The predicted octanol–water partition coefficient (Wildman–Crippen LogP) is 3.39. The number of amides is 1. The maximum Gasteiger partial charge on any atom is 0.326 e. The maximum absolute atomic E-state index is 12.4. The van der Waals surface area contributed by atoms with Crippen molar-refractivity contribution in [1.82, 2.24) is 4.98 Å². The fourth-order valence-electron chi connectivity index (χ4n) is 3.07. The van der Waals surface area contributed by atoms with Gasteiger partial charge in [-0.2, -0.15) is 0 Å². The van der Waals surface area contributed by atoms with Crippen molar-refractivity contribution in [2.45, 2.75) is 0 Å². The molecule has 154 valence electrons. The number of aromatic nitrogens is 1. The highest BCUT2D eigenvalue weighted by molar-refractivity contribution is 7.13. The number of benzene rings is 2. The first-order chi connectivity index (χ1) is 14.7. The number of esters is 1. The number of hydrogen-bond acceptors (Lipinski definition) is 7. The Morgan fingerprint density at radius 2 is 2.00 bits per heavy atom. The van der Waals surface area contributed by atoms with E-state index in [2.05, 4.69) is 0 Å². The Bertz CT molecular complexity index is 1050. The standard InChI is InChI=1S/C22H20N2O5S/c1-27-9-10-28-21(26)12-24-18-11-16(7-8-19(18)29-13-20(24)25)17-14-30-22(23-17)15-5-3-2-4-6-15/h2-8,11,14H,9-10,12-13H2,1H3. The van der Waals surface area contributed by atoms with Gasteiger partial charge < -0.3 is 14.2 Å². The van der Waals surface area contributed by atoms with Gasteiger partial charge in [0.1, 0.15) is 23.9 Å². The van der Waals surface area contributed by atoms with Crippen LogP contribution in [0.1, 0.15) is 0 Å². The van der Waals surface area contributed by atoms with Crippen molar-refractivity contribution in [3.63, 3.8) is 0 Å². The van der Waals surface area contributed by atoms with Crippen LogP contribution < -0.4 is 9.64 Å². The molecular weight excluding hydrogens is 404 g/mol. The van der Waals surface area contributed by atoms with E-state index in [4.69, 9.17) is 19.2 Å². The van der Waals surface area contributed by atoms with E-state index in [1.54, 1.807) is 17.4 Å². The zero-order valence-corrected chi connectivity index (χ0v) is 17.2. The summed E-state index contributed by atoms with van der Waals surface area (Å²) in [5.74, 6) is -0.258. The van der Waals surface area contributed by atoms with Crippen LogP contribution in [-0.4, -0.2) is 50.3 Å². The quantitative estimate of drug-likeness (QED) is 0.427. The van der Waals surface area contributed by atoms with Crippen molar-refractivity contribution in [2.24, 2.45) is 0 Å². The van der Waals surface area contributed by atoms with Gasteiger partial charge in [0, 0.05) is 23.6 Å². The molecule has 0 saturated heterocycles. The number of thiazole rings is 1. The highest BCUT2D eigenvalue weighted by Gasteiger charge is 2.28. The Morgan fingerprint density at radius 1 is 1.17 bits per heavy atom. The number of rotatable bonds is 7. The third-order valence-electron chi connectivity index (χ3n) is 4.56. The lowest BCUT2D eigenvalue weighted by Crippen LogP contribution is -2.42. The molecule has 1 aromatic heterocycles. The summed E-state index contributed by atoms with van der Waals surface area (Å²) in [7, 11) is 1.53. The number of anilines is 1. The number of hydrogen-bond donors (Lipinski definition) is 0. The average molecular weight is 424 g/mol. The molecule has 0 N–H and O–H groups in total. The van der Waals surface area contributed by atoms with E-state index in [1.165, 1.54) is 12.0 Å². The van der Waals surface area contributed by atoms with Gasteiger partial charge in [-0.3, -0.25) is 14.5 Å². The van der Waals surface area contributed by atoms with E-state index in [9.17, 15) is 9.59 Å². The third kappa shape index (κ3) is 4.34. The highest BCUT2D eigenvalue weighted by Crippen LogP contribution is 2.37. The minimum absolute atomic E-state index is 0.118. The van der Waals surface area contributed by atoms with E-state index in [0.29, 0.717) is 18.0 Å². The molecule has 0 atom stereocenters. The molecule has 0 saturated carbocycles. The second-order valence-electron chi connectivity index (χ2n) is 6.57. The smallest absolute Gasteiger partial charge is 0.326 e. The zero-order valence-electron chi connectivity index (χ0n) is 16.4. The monoisotopic (exact) mass is 424 g/mol. The number of ether oxygens (including phenoxy) is 3. The maximum atomic E-state index is 12.4. The Morgan fingerprint density at radius 3 is 2.80 bits per heavy atom. The molecule has 8 heteroatoms. The van der Waals surface area contributed by atoms with Crippen LogP contribution in [0.3, 0.4) is 0 Å². The van der Waals surface area contributed by atoms with E-state index in [0.717, 1.165) is 21.8 Å². The van der Waals surface area contributed by atoms with E-state index >= 15 is 0 Å². The molecule has 0 aliphatic carbocycles. The SMILES string of the molecule is COCCOC(=O)CN1C(=O)COc2ccc(-c3csc(-c4ccccc4)n3)cc21. The lowest BCUT2D eigenvalue weighted by molar-refractivity contribution is -0.144. The molecular formula is C22H20N2O5S. The third-order valence-corrected chi connectivity index (χ3v) is 5.45. The topological polar surface area (TPSA) is 78.0 Å². The highest BCUT2D eigenvalue weighted by atomic mass is 32.1. The van der Waals surface area contributed by atoms with Crippen molar-refractivity contribution in [1.29, 1.82) is 0 Å². The summed E-state index contributed by atoms with van der Waals surface area (Å²) in [5.41, 5.74) is 3.21. The van der Waals surface area contributed by atoms with Gasteiger partial charge in [0.25, 0.3) is 5.91 Å². The molecule has 0 radical (unpaired) electrons. The van der Waals surface area contributed by atoms with Gasteiger partial charge in [0.2, 0.25) is 0 Å². The molecule has 2 aromatic carbocycles. The van der Waals surface area contributed by atoms with E-state index in [1.807, 2.05) is 47.8 Å². The van der Waals surface area contributed by atoms with Crippen LogP contribution in [0.5, 0.6) is 5.75 Å². The van der Waals surface area contributed by atoms with Crippen molar-refractivity contribution in [3.8, 4) is 27.6 Å². The van der Waals surface area contributed by atoms with E-state index in [-0.39, 0.29) is 25.7 Å². The summed E-state index contributed by atoms with van der Waals surface area (Å²) < 4.78 is 15.5. The Balaban J connectivity index is 1.58. The largest absolute Gasteiger partial charge is 0.482 e. The van der Waals surface area contributed by atoms with Crippen molar-refractivity contribution < 1.29 is 23.8 Å². The predicted molar refractivity (Wildman–Crippen MR) is 114 cm³/mol. The summed E-state index contributed by atoms with van der Waals surface area (Å²) in [6.45, 7) is 0.139. The van der Waals surface area contributed by atoms with Crippen molar-refractivity contribution in [3.05, 3.63) is 53.9 Å². The second-order valence-corrected chi connectivity index (χ2v) is 7.43. The number of carbonyl (C=O) groups is 2. The molecule has 1 amide bonds. The minimum Gasteiger partial charge on any atom is -0.482 e. The summed E-state index contributed by atoms with van der Waals surface area (Å²) in [4.78, 5) is 30.7. The summed E-state index contributed by atoms with van der Waals surface area (Å²) >= 11 is 1.55. The minimum atomic E-state index is -0.501. The summed E-state index contributed by atoms with van der Waals surface area (Å²) in [6, 6.07) is 15.4. The lowest BCUT2D eigenvalue weighted by Gasteiger charge is -2.29. The second kappa shape index (κ2) is 9.06. The van der Waals surface area contributed by atoms with Gasteiger partial charge in [-0.15, -0.1) is 11.3 Å². The number of nitrogens with zero attached hydrogens (tertiary/aromatic N) is 2. The normalized spacial score (nSPS) is 13.0. The average Bonchev–Trinajstić information content (AvgIpc) is 3.27. The van der Waals surface area contributed by atoms with Gasteiger partial charge in [0.15, 0.2) is 6.61 Å².